The van der Waals surface area contributed by atoms with Crippen molar-refractivity contribution in [2.75, 3.05) is 6.61 Å². The van der Waals surface area contributed by atoms with Gasteiger partial charge in [0.1, 0.15) is 0 Å². The van der Waals surface area contributed by atoms with Gasteiger partial charge < -0.3 is 5.11 Å². The van der Waals surface area contributed by atoms with Gasteiger partial charge in [-0.15, -0.1) is 0 Å². The monoisotopic (exact) mass is 172 g/mol. The predicted octanol–water partition coefficient (Wildman–Crippen LogP) is 2.66. The average Bonchev–Trinajstić information content (AvgIpc) is 2.15. The van der Waals surface area contributed by atoms with Gasteiger partial charge in [0.2, 0.25) is 0 Å². The Balaban J connectivity index is 2.17. The fraction of sp³-hybridized carbons (Fsp3) is 0.800. The first kappa shape index (κ1) is 9.72. The first-order valence-electron chi connectivity index (χ1n) is 4.73. The van der Waals surface area contributed by atoms with Gasteiger partial charge in [-0.2, -0.15) is 0 Å². The molecule has 0 amide bonds. The summed E-state index contributed by atoms with van der Waals surface area (Å²) in [7, 11) is 0. The van der Waals surface area contributed by atoms with Gasteiger partial charge in [-0.1, -0.05) is 6.08 Å². The molecule has 0 aromatic carbocycles. The number of halogens is 1. The number of rotatable bonds is 3. The molecule has 12 heavy (non-hydrogen) atoms. The Kier molecular flexibility index (Phi) is 4.30. The molecule has 1 aliphatic carbocycles. The van der Waals surface area contributed by atoms with Gasteiger partial charge in [0.15, 0.2) is 0 Å². The molecular formula is C10H17FO. The van der Waals surface area contributed by atoms with Crippen molar-refractivity contribution in [2.24, 2.45) is 11.8 Å². The minimum absolute atomic E-state index is 0.325. The maximum atomic E-state index is 11.7. The van der Waals surface area contributed by atoms with Crippen LogP contribution in [0.1, 0.15) is 32.1 Å². The number of aliphatic hydroxyl groups is 1. The summed E-state index contributed by atoms with van der Waals surface area (Å²) in [6.45, 7) is 0.325. The van der Waals surface area contributed by atoms with Crippen molar-refractivity contribution >= 4 is 0 Å². The molecule has 1 saturated carbocycles. The summed E-state index contributed by atoms with van der Waals surface area (Å²) < 4.78 is 11.7. The van der Waals surface area contributed by atoms with Gasteiger partial charge in [0.25, 0.3) is 0 Å². The lowest BCUT2D eigenvalue weighted by Crippen LogP contribution is -2.16. The van der Waals surface area contributed by atoms with Gasteiger partial charge >= 0.3 is 0 Å². The Morgan fingerprint density at radius 2 is 1.75 bits per heavy atom. The fourth-order valence-corrected chi connectivity index (χ4v) is 1.89. The highest BCUT2D eigenvalue weighted by atomic mass is 19.1. The van der Waals surface area contributed by atoms with E-state index >= 15 is 0 Å². The van der Waals surface area contributed by atoms with Crippen LogP contribution in [0.5, 0.6) is 0 Å². The molecule has 2 heteroatoms. The SMILES string of the molecule is OCC1CCC(C/C=C/F)CC1. The van der Waals surface area contributed by atoms with Crippen molar-refractivity contribution in [3.63, 3.8) is 0 Å². The van der Waals surface area contributed by atoms with Crippen molar-refractivity contribution in [1.29, 1.82) is 0 Å². The van der Waals surface area contributed by atoms with Crippen LogP contribution in [0.2, 0.25) is 0 Å². The lowest BCUT2D eigenvalue weighted by Gasteiger charge is -2.26. The van der Waals surface area contributed by atoms with E-state index in [0.717, 1.165) is 32.1 Å². The summed E-state index contributed by atoms with van der Waals surface area (Å²) >= 11 is 0. The molecular weight excluding hydrogens is 155 g/mol. The summed E-state index contributed by atoms with van der Waals surface area (Å²) in [6, 6.07) is 0. The maximum Gasteiger partial charge on any atom is 0.0827 e. The highest BCUT2D eigenvalue weighted by molar-refractivity contribution is 4.80. The zero-order valence-electron chi connectivity index (χ0n) is 7.38. The van der Waals surface area contributed by atoms with Crippen LogP contribution in [0.4, 0.5) is 4.39 Å². The second-order valence-electron chi connectivity index (χ2n) is 3.67. The van der Waals surface area contributed by atoms with Crippen molar-refractivity contribution in [3.05, 3.63) is 12.4 Å². The summed E-state index contributed by atoms with van der Waals surface area (Å²) in [5, 5.41) is 8.88. The third-order valence-corrected chi connectivity index (χ3v) is 2.78. The highest BCUT2D eigenvalue weighted by Crippen LogP contribution is 2.30. The van der Waals surface area contributed by atoms with Gasteiger partial charge in [-0.25, -0.2) is 4.39 Å². The van der Waals surface area contributed by atoms with E-state index in [1.165, 1.54) is 0 Å². The van der Waals surface area contributed by atoms with Crippen molar-refractivity contribution in [3.8, 4) is 0 Å². The summed E-state index contributed by atoms with van der Waals surface area (Å²) in [6.07, 6.45) is 7.63. The molecule has 70 valence electrons. The van der Waals surface area contributed by atoms with Crippen LogP contribution in [-0.2, 0) is 0 Å². The number of allylic oxidation sites excluding steroid dienone is 1. The van der Waals surface area contributed by atoms with Gasteiger partial charge in [-0.3, -0.25) is 0 Å². The molecule has 0 aromatic rings. The molecule has 0 radical (unpaired) electrons. The topological polar surface area (TPSA) is 20.2 Å². The summed E-state index contributed by atoms with van der Waals surface area (Å²) in [5.41, 5.74) is 0. The average molecular weight is 172 g/mol. The fourth-order valence-electron chi connectivity index (χ4n) is 1.89. The quantitative estimate of drug-likeness (QED) is 0.694. The zero-order valence-corrected chi connectivity index (χ0v) is 7.38. The van der Waals surface area contributed by atoms with Crippen LogP contribution in [0.3, 0.4) is 0 Å². The Bertz CT molecular complexity index is 137. The number of aliphatic hydroxyl groups excluding tert-OH is 1. The minimum atomic E-state index is 0.325. The molecule has 0 heterocycles. The Morgan fingerprint density at radius 1 is 1.17 bits per heavy atom. The molecule has 1 aliphatic rings. The molecule has 0 bridgehead atoms. The van der Waals surface area contributed by atoms with Crippen LogP contribution in [0, 0.1) is 11.8 Å². The Hall–Kier alpha value is -0.370. The van der Waals surface area contributed by atoms with Crippen molar-refractivity contribution in [2.45, 2.75) is 32.1 Å². The highest BCUT2D eigenvalue weighted by Gasteiger charge is 2.19. The van der Waals surface area contributed by atoms with E-state index in [1.807, 2.05) is 0 Å². The van der Waals surface area contributed by atoms with Crippen LogP contribution >= 0.6 is 0 Å². The van der Waals surface area contributed by atoms with Crippen LogP contribution in [0.15, 0.2) is 12.4 Å². The van der Waals surface area contributed by atoms with Crippen LogP contribution < -0.4 is 0 Å². The first-order chi connectivity index (χ1) is 5.86. The summed E-state index contributed by atoms with van der Waals surface area (Å²) in [5.74, 6) is 1.16. The van der Waals surface area contributed by atoms with Crippen molar-refractivity contribution < 1.29 is 9.50 Å². The largest absolute Gasteiger partial charge is 0.396 e. The first-order valence-corrected chi connectivity index (χ1v) is 4.73. The second kappa shape index (κ2) is 5.31. The van der Waals surface area contributed by atoms with Gasteiger partial charge in [0.05, 0.1) is 6.33 Å². The van der Waals surface area contributed by atoms with Gasteiger partial charge in [-0.05, 0) is 43.9 Å². The van der Waals surface area contributed by atoms with Crippen LogP contribution in [-0.4, -0.2) is 11.7 Å². The molecule has 1 nitrogen and oxygen atoms in total. The number of hydrogen-bond acceptors (Lipinski definition) is 1. The molecule has 1 rings (SSSR count). The Morgan fingerprint density at radius 3 is 2.25 bits per heavy atom. The minimum Gasteiger partial charge on any atom is -0.396 e. The van der Waals surface area contributed by atoms with Crippen LogP contribution in [0.25, 0.3) is 0 Å². The van der Waals surface area contributed by atoms with E-state index in [2.05, 4.69) is 0 Å². The second-order valence-corrected chi connectivity index (χ2v) is 3.67. The molecule has 0 atom stereocenters. The van der Waals surface area contributed by atoms with Gasteiger partial charge in [0, 0.05) is 6.61 Å². The molecule has 1 fully saturated rings. The zero-order chi connectivity index (χ0) is 8.81. The standard InChI is InChI=1S/C10H17FO/c11-7-1-2-9-3-5-10(8-12)6-4-9/h1,7,9-10,12H,2-6,8H2/b7-1+. The maximum absolute atomic E-state index is 11.7. The number of hydrogen-bond donors (Lipinski definition) is 1. The lowest BCUT2D eigenvalue weighted by atomic mass is 9.81. The smallest absolute Gasteiger partial charge is 0.0827 e. The molecule has 1 N–H and O–H groups in total. The van der Waals surface area contributed by atoms with Crippen molar-refractivity contribution in [1.82, 2.24) is 0 Å². The lowest BCUT2D eigenvalue weighted by molar-refractivity contribution is 0.168. The normalized spacial score (nSPS) is 31.2. The van der Waals surface area contributed by atoms with E-state index in [0.29, 0.717) is 24.8 Å². The van der Waals surface area contributed by atoms with E-state index < -0.39 is 0 Å². The third kappa shape index (κ3) is 2.94. The van der Waals surface area contributed by atoms with E-state index in [9.17, 15) is 4.39 Å². The molecule has 0 unspecified atom stereocenters. The predicted molar refractivity (Wildman–Crippen MR) is 47.4 cm³/mol. The third-order valence-electron chi connectivity index (χ3n) is 2.78. The van der Waals surface area contributed by atoms with E-state index in [1.54, 1.807) is 6.08 Å². The molecule has 0 aromatic heterocycles. The molecule has 0 saturated heterocycles. The van der Waals surface area contributed by atoms with E-state index in [4.69, 9.17) is 5.11 Å². The molecule has 0 aliphatic heterocycles. The summed E-state index contributed by atoms with van der Waals surface area (Å²) in [4.78, 5) is 0. The molecule has 0 spiro atoms. The Labute approximate surface area is 73.3 Å². The van der Waals surface area contributed by atoms with E-state index in [-0.39, 0.29) is 0 Å².